The monoisotopic (exact) mass is 266 g/mol. The Morgan fingerprint density at radius 2 is 1.50 bits per heavy atom. The lowest BCUT2D eigenvalue weighted by Gasteiger charge is -2.24. The van der Waals surface area contributed by atoms with Crippen molar-refractivity contribution in [3.63, 3.8) is 0 Å². The Bertz CT molecular complexity index is 773. The zero-order valence-corrected chi connectivity index (χ0v) is 12.9. The SMILES string of the molecule is CN(C)c1cccc2c1c1ccccc1n2C(C)(C)C. The van der Waals surface area contributed by atoms with Crippen LogP contribution in [0.4, 0.5) is 5.69 Å². The number of para-hydroxylation sites is 1. The first kappa shape index (κ1) is 13.0. The third-order valence-corrected chi connectivity index (χ3v) is 3.83. The molecule has 2 heteroatoms. The minimum atomic E-state index is 0.0618. The van der Waals surface area contributed by atoms with E-state index < -0.39 is 0 Å². The first-order valence-corrected chi connectivity index (χ1v) is 7.11. The number of aromatic nitrogens is 1. The molecule has 0 saturated heterocycles. The van der Waals surface area contributed by atoms with Crippen LogP contribution in [0.1, 0.15) is 20.8 Å². The molecule has 2 nitrogen and oxygen atoms in total. The lowest BCUT2D eigenvalue weighted by Crippen LogP contribution is -2.21. The van der Waals surface area contributed by atoms with E-state index in [1.807, 2.05) is 0 Å². The second-order valence-corrected chi connectivity index (χ2v) is 6.59. The lowest BCUT2D eigenvalue weighted by molar-refractivity contribution is 0.423. The van der Waals surface area contributed by atoms with Crippen molar-refractivity contribution in [3.8, 4) is 0 Å². The van der Waals surface area contributed by atoms with Gasteiger partial charge in [0.2, 0.25) is 0 Å². The zero-order chi connectivity index (χ0) is 14.5. The van der Waals surface area contributed by atoms with E-state index in [4.69, 9.17) is 0 Å². The van der Waals surface area contributed by atoms with Gasteiger partial charge in [-0.15, -0.1) is 0 Å². The highest BCUT2D eigenvalue weighted by atomic mass is 15.1. The maximum atomic E-state index is 2.45. The quantitative estimate of drug-likeness (QED) is 0.624. The summed E-state index contributed by atoms with van der Waals surface area (Å²) in [7, 11) is 4.22. The Hall–Kier alpha value is -1.96. The van der Waals surface area contributed by atoms with Gasteiger partial charge in [0, 0.05) is 41.6 Å². The van der Waals surface area contributed by atoms with E-state index >= 15 is 0 Å². The summed E-state index contributed by atoms with van der Waals surface area (Å²) < 4.78 is 2.45. The van der Waals surface area contributed by atoms with E-state index in [1.54, 1.807) is 0 Å². The lowest BCUT2D eigenvalue weighted by atomic mass is 10.1. The molecule has 104 valence electrons. The molecule has 3 aromatic rings. The molecule has 0 radical (unpaired) electrons. The number of anilines is 1. The normalized spacial score (nSPS) is 12.2. The van der Waals surface area contributed by atoms with Crippen LogP contribution in [0.15, 0.2) is 42.5 Å². The topological polar surface area (TPSA) is 8.17 Å². The summed E-state index contributed by atoms with van der Waals surface area (Å²) in [5.41, 5.74) is 3.96. The summed E-state index contributed by atoms with van der Waals surface area (Å²) in [4.78, 5) is 2.20. The van der Waals surface area contributed by atoms with Crippen LogP contribution >= 0.6 is 0 Å². The molecular formula is C18H22N2. The first-order valence-electron chi connectivity index (χ1n) is 7.11. The molecule has 0 aliphatic carbocycles. The molecule has 0 aliphatic rings. The predicted octanol–water partition coefficient (Wildman–Crippen LogP) is 4.62. The van der Waals surface area contributed by atoms with Gasteiger partial charge in [-0.2, -0.15) is 0 Å². The van der Waals surface area contributed by atoms with Crippen LogP contribution in [-0.2, 0) is 5.54 Å². The molecule has 1 heterocycles. The Morgan fingerprint density at radius 1 is 0.850 bits per heavy atom. The number of benzene rings is 2. The van der Waals surface area contributed by atoms with Crippen LogP contribution in [0.5, 0.6) is 0 Å². The van der Waals surface area contributed by atoms with Crippen LogP contribution in [0.3, 0.4) is 0 Å². The smallest absolute Gasteiger partial charge is 0.0517 e. The molecule has 0 N–H and O–H groups in total. The maximum absolute atomic E-state index is 2.45. The van der Waals surface area contributed by atoms with Gasteiger partial charge in [0.05, 0.1) is 5.52 Å². The molecule has 20 heavy (non-hydrogen) atoms. The van der Waals surface area contributed by atoms with Gasteiger partial charge in [-0.3, -0.25) is 0 Å². The van der Waals surface area contributed by atoms with Crippen molar-refractivity contribution in [3.05, 3.63) is 42.5 Å². The summed E-state index contributed by atoms with van der Waals surface area (Å²) >= 11 is 0. The van der Waals surface area contributed by atoms with E-state index in [0.29, 0.717) is 0 Å². The van der Waals surface area contributed by atoms with E-state index in [1.165, 1.54) is 27.5 Å². The molecule has 0 amide bonds. The first-order chi connectivity index (χ1) is 9.41. The van der Waals surface area contributed by atoms with Crippen molar-refractivity contribution in [2.75, 3.05) is 19.0 Å². The fourth-order valence-corrected chi connectivity index (χ4v) is 3.10. The van der Waals surface area contributed by atoms with Gasteiger partial charge in [-0.05, 0) is 39.0 Å². The highest BCUT2D eigenvalue weighted by Gasteiger charge is 2.21. The molecular weight excluding hydrogens is 244 g/mol. The fraction of sp³-hybridized carbons (Fsp3) is 0.333. The van der Waals surface area contributed by atoms with Gasteiger partial charge in [0.25, 0.3) is 0 Å². The van der Waals surface area contributed by atoms with Gasteiger partial charge in [-0.1, -0.05) is 24.3 Å². The molecule has 0 atom stereocenters. The highest BCUT2D eigenvalue weighted by molar-refractivity contribution is 6.14. The number of hydrogen-bond acceptors (Lipinski definition) is 1. The maximum Gasteiger partial charge on any atom is 0.0517 e. The average molecular weight is 266 g/mol. The van der Waals surface area contributed by atoms with Crippen molar-refractivity contribution in [2.24, 2.45) is 0 Å². The van der Waals surface area contributed by atoms with Crippen LogP contribution in [0.2, 0.25) is 0 Å². The van der Waals surface area contributed by atoms with Crippen LogP contribution in [0, 0.1) is 0 Å². The Labute approximate surface area is 120 Å². The average Bonchev–Trinajstić information content (AvgIpc) is 2.72. The number of nitrogens with zero attached hydrogens (tertiary/aromatic N) is 2. The van der Waals surface area contributed by atoms with Crippen LogP contribution in [-0.4, -0.2) is 18.7 Å². The number of hydrogen-bond donors (Lipinski definition) is 0. The van der Waals surface area contributed by atoms with Gasteiger partial charge in [0.15, 0.2) is 0 Å². The molecule has 0 unspecified atom stereocenters. The summed E-state index contributed by atoms with van der Waals surface area (Å²) in [6.45, 7) is 6.80. The molecule has 0 fully saturated rings. The third kappa shape index (κ3) is 1.79. The fourth-order valence-electron chi connectivity index (χ4n) is 3.10. The minimum absolute atomic E-state index is 0.0618. The Morgan fingerprint density at radius 3 is 2.15 bits per heavy atom. The van der Waals surface area contributed by atoms with Gasteiger partial charge in [-0.25, -0.2) is 0 Å². The van der Waals surface area contributed by atoms with Crippen molar-refractivity contribution in [1.82, 2.24) is 4.57 Å². The number of fused-ring (bicyclic) bond motifs is 3. The molecule has 2 aromatic carbocycles. The van der Waals surface area contributed by atoms with Crippen molar-refractivity contribution in [2.45, 2.75) is 26.3 Å². The largest absolute Gasteiger partial charge is 0.377 e. The van der Waals surface area contributed by atoms with Gasteiger partial charge >= 0.3 is 0 Å². The van der Waals surface area contributed by atoms with Crippen LogP contribution in [0.25, 0.3) is 21.8 Å². The van der Waals surface area contributed by atoms with E-state index in [9.17, 15) is 0 Å². The third-order valence-electron chi connectivity index (χ3n) is 3.83. The van der Waals surface area contributed by atoms with Crippen molar-refractivity contribution >= 4 is 27.5 Å². The second-order valence-electron chi connectivity index (χ2n) is 6.59. The summed E-state index contributed by atoms with van der Waals surface area (Å²) in [5.74, 6) is 0. The van der Waals surface area contributed by atoms with E-state index in [2.05, 4.69) is 86.8 Å². The Balaban J connectivity index is 2.58. The number of rotatable bonds is 1. The standard InChI is InChI=1S/C18H22N2/c1-18(2,3)20-14-10-7-6-9-13(14)17-15(19(4)5)11-8-12-16(17)20/h6-12H,1-5H3. The molecule has 0 bridgehead atoms. The highest BCUT2D eigenvalue weighted by Crippen LogP contribution is 2.38. The Kier molecular flexibility index (Phi) is 2.79. The van der Waals surface area contributed by atoms with Gasteiger partial charge < -0.3 is 9.47 Å². The summed E-state index contributed by atoms with van der Waals surface area (Å²) in [6, 6.07) is 15.3. The summed E-state index contributed by atoms with van der Waals surface area (Å²) in [6.07, 6.45) is 0. The van der Waals surface area contributed by atoms with Gasteiger partial charge in [0.1, 0.15) is 0 Å². The molecule has 3 rings (SSSR count). The van der Waals surface area contributed by atoms with Crippen molar-refractivity contribution in [1.29, 1.82) is 0 Å². The summed E-state index contributed by atoms with van der Waals surface area (Å²) in [5, 5.41) is 2.68. The van der Waals surface area contributed by atoms with Crippen molar-refractivity contribution < 1.29 is 0 Å². The van der Waals surface area contributed by atoms with Crippen LogP contribution < -0.4 is 4.90 Å². The molecule has 0 saturated carbocycles. The predicted molar refractivity (Wildman–Crippen MR) is 88.8 cm³/mol. The molecule has 0 spiro atoms. The minimum Gasteiger partial charge on any atom is -0.377 e. The molecule has 1 aromatic heterocycles. The zero-order valence-electron chi connectivity index (χ0n) is 12.9. The molecule has 0 aliphatic heterocycles. The van der Waals surface area contributed by atoms with E-state index in [0.717, 1.165) is 0 Å². The van der Waals surface area contributed by atoms with E-state index in [-0.39, 0.29) is 5.54 Å². The second kappa shape index (κ2) is 4.27.